The maximum atomic E-state index is 4.74. The Bertz CT molecular complexity index is 793. The van der Waals surface area contributed by atoms with Crippen molar-refractivity contribution in [2.45, 2.75) is 39.2 Å². The normalized spacial score (nSPS) is 12.7. The van der Waals surface area contributed by atoms with Gasteiger partial charge in [-0.3, -0.25) is 9.67 Å². The van der Waals surface area contributed by atoms with Gasteiger partial charge in [-0.25, -0.2) is 9.97 Å². The Morgan fingerprint density at radius 2 is 1.91 bits per heavy atom. The molecular weight excluding hydrogens is 288 g/mol. The largest absolute Gasteiger partial charge is 0.363 e. The summed E-state index contributed by atoms with van der Waals surface area (Å²) in [4.78, 5) is 13.5. The fourth-order valence-electron chi connectivity index (χ4n) is 2.59. The summed E-state index contributed by atoms with van der Waals surface area (Å²) in [7, 11) is 1.91. The van der Waals surface area contributed by atoms with Crippen molar-refractivity contribution in [1.29, 1.82) is 0 Å². The Labute approximate surface area is 136 Å². The van der Waals surface area contributed by atoms with Crippen LogP contribution < -0.4 is 5.32 Å². The van der Waals surface area contributed by atoms with Crippen molar-refractivity contribution >= 4 is 16.9 Å². The summed E-state index contributed by atoms with van der Waals surface area (Å²) in [5.41, 5.74) is 2.06. The maximum absolute atomic E-state index is 4.74. The number of hydrogen-bond acceptors (Lipinski definition) is 5. The molecule has 0 aliphatic rings. The van der Waals surface area contributed by atoms with E-state index in [9.17, 15) is 0 Å². The molecule has 0 unspecified atom stereocenters. The number of aryl methyl sites for hydroxylation is 1. The summed E-state index contributed by atoms with van der Waals surface area (Å²) >= 11 is 0. The van der Waals surface area contributed by atoms with Crippen LogP contribution in [-0.2, 0) is 7.05 Å². The number of anilines is 1. The van der Waals surface area contributed by atoms with Gasteiger partial charge in [0.2, 0.25) is 0 Å². The third-order valence-corrected chi connectivity index (χ3v) is 3.95. The van der Waals surface area contributed by atoms with Gasteiger partial charge in [-0.2, -0.15) is 5.10 Å². The number of pyridine rings is 1. The molecule has 0 spiro atoms. The van der Waals surface area contributed by atoms with Crippen molar-refractivity contribution in [3.05, 3.63) is 42.1 Å². The van der Waals surface area contributed by atoms with Crippen molar-refractivity contribution in [2.24, 2.45) is 7.05 Å². The minimum absolute atomic E-state index is 0.177. The van der Waals surface area contributed by atoms with Crippen LogP contribution in [0.5, 0.6) is 0 Å². The Morgan fingerprint density at radius 1 is 1.17 bits per heavy atom. The number of rotatable bonds is 5. The van der Waals surface area contributed by atoms with E-state index >= 15 is 0 Å². The van der Waals surface area contributed by atoms with E-state index in [1.54, 1.807) is 4.68 Å². The summed E-state index contributed by atoms with van der Waals surface area (Å²) in [6.07, 6.45) is 6.41. The van der Waals surface area contributed by atoms with Crippen molar-refractivity contribution in [2.75, 3.05) is 5.32 Å². The van der Waals surface area contributed by atoms with Gasteiger partial charge >= 0.3 is 0 Å². The first-order valence-corrected chi connectivity index (χ1v) is 7.96. The second kappa shape index (κ2) is 6.32. The molecule has 0 saturated heterocycles. The van der Waals surface area contributed by atoms with Gasteiger partial charge in [0, 0.05) is 25.4 Å². The van der Waals surface area contributed by atoms with Crippen molar-refractivity contribution in [3.8, 4) is 0 Å². The molecule has 0 saturated carbocycles. The minimum atomic E-state index is 0.177. The molecular formula is C17H22N6. The topological polar surface area (TPSA) is 68.5 Å². The zero-order valence-corrected chi connectivity index (χ0v) is 14.0. The lowest BCUT2D eigenvalue weighted by atomic mass is 10.1. The number of aromatic nitrogens is 5. The lowest BCUT2D eigenvalue weighted by Crippen LogP contribution is -2.13. The third kappa shape index (κ3) is 3.02. The highest BCUT2D eigenvalue weighted by atomic mass is 15.3. The summed E-state index contributed by atoms with van der Waals surface area (Å²) in [5.74, 6) is 1.93. The standard InChI is InChI=1S/C17H22N6/c1-5-14(12-6-8-18-9-7-12)20-16-13-10-19-23(4)17(13)22-15(21-16)11(2)3/h6-11,14H,5H2,1-4H3,(H,20,21,22)/t14-/m0/s1. The van der Waals surface area contributed by atoms with E-state index in [2.05, 4.69) is 41.2 Å². The lowest BCUT2D eigenvalue weighted by Gasteiger charge is -2.19. The van der Waals surface area contributed by atoms with Gasteiger partial charge in [0.25, 0.3) is 0 Å². The summed E-state index contributed by atoms with van der Waals surface area (Å²) < 4.78 is 1.79. The third-order valence-electron chi connectivity index (χ3n) is 3.95. The molecule has 0 aliphatic heterocycles. The molecule has 1 N–H and O–H groups in total. The van der Waals surface area contributed by atoms with Crippen LogP contribution in [0.4, 0.5) is 5.82 Å². The SMILES string of the molecule is CC[C@H](Nc1nc(C(C)C)nc2c1cnn2C)c1ccncc1. The molecule has 3 aromatic rings. The second-order valence-electron chi connectivity index (χ2n) is 5.98. The average Bonchev–Trinajstić information content (AvgIpc) is 2.94. The fourth-order valence-corrected chi connectivity index (χ4v) is 2.59. The average molecular weight is 310 g/mol. The number of nitrogens with one attached hydrogen (secondary N) is 1. The van der Waals surface area contributed by atoms with Crippen LogP contribution in [0.2, 0.25) is 0 Å². The number of hydrogen-bond donors (Lipinski definition) is 1. The number of nitrogens with zero attached hydrogens (tertiary/aromatic N) is 5. The van der Waals surface area contributed by atoms with E-state index in [1.165, 1.54) is 5.56 Å². The highest BCUT2D eigenvalue weighted by Gasteiger charge is 2.17. The summed E-state index contributed by atoms with van der Waals surface area (Å²) in [5, 5.41) is 8.84. The van der Waals surface area contributed by atoms with Crippen LogP contribution in [0.25, 0.3) is 11.0 Å². The van der Waals surface area contributed by atoms with Crippen LogP contribution >= 0.6 is 0 Å². The zero-order chi connectivity index (χ0) is 16.4. The van der Waals surface area contributed by atoms with Crippen molar-refractivity contribution < 1.29 is 0 Å². The molecule has 6 heteroatoms. The Hall–Kier alpha value is -2.50. The molecule has 0 fully saturated rings. The molecule has 6 nitrogen and oxygen atoms in total. The molecule has 0 aromatic carbocycles. The molecule has 3 aromatic heterocycles. The van der Waals surface area contributed by atoms with E-state index in [-0.39, 0.29) is 12.0 Å². The van der Waals surface area contributed by atoms with Gasteiger partial charge in [0.05, 0.1) is 17.6 Å². The molecule has 0 aliphatic carbocycles. The Balaban J connectivity index is 2.04. The first-order chi connectivity index (χ1) is 11.1. The lowest BCUT2D eigenvalue weighted by molar-refractivity contribution is 0.729. The highest BCUT2D eigenvalue weighted by Crippen LogP contribution is 2.27. The molecule has 23 heavy (non-hydrogen) atoms. The van der Waals surface area contributed by atoms with Gasteiger partial charge in [-0.05, 0) is 24.1 Å². The predicted molar refractivity (Wildman–Crippen MR) is 91.3 cm³/mol. The predicted octanol–water partition coefficient (Wildman–Crippen LogP) is 3.44. The van der Waals surface area contributed by atoms with Gasteiger partial charge in [0.15, 0.2) is 5.65 Å². The first kappa shape index (κ1) is 15.4. The molecule has 1 atom stereocenters. The van der Waals surface area contributed by atoms with Gasteiger partial charge in [-0.15, -0.1) is 0 Å². The highest BCUT2D eigenvalue weighted by molar-refractivity contribution is 5.86. The van der Waals surface area contributed by atoms with Gasteiger partial charge < -0.3 is 5.32 Å². The van der Waals surface area contributed by atoms with E-state index in [0.717, 1.165) is 29.1 Å². The molecule has 3 rings (SSSR count). The summed E-state index contributed by atoms with van der Waals surface area (Å²) in [6.45, 7) is 6.35. The van der Waals surface area contributed by atoms with Crippen molar-refractivity contribution in [3.63, 3.8) is 0 Å². The van der Waals surface area contributed by atoms with E-state index in [1.807, 2.05) is 37.8 Å². The van der Waals surface area contributed by atoms with Gasteiger partial charge in [0.1, 0.15) is 11.6 Å². The molecule has 120 valence electrons. The maximum Gasteiger partial charge on any atom is 0.163 e. The van der Waals surface area contributed by atoms with E-state index < -0.39 is 0 Å². The second-order valence-corrected chi connectivity index (χ2v) is 5.98. The van der Waals surface area contributed by atoms with Crippen LogP contribution in [0.15, 0.2) is 30.7 Å². The molecule has 0 radical (unpaired) electrons. The Morgan fingerprint density at radius 3 is 2.57 bits per heavy atom. The van der Waals surface area contributed by atoms with Crippen LogP contribution in [-0.4, -0.2) is 24.7 Å². The Kier molecular flexibility index (Phi) is 4.23. The summed E-state index contributed by atoms with van der Waals surface area (Å²) in [6, 6.07) is 4.24. The molecule has 0 bridgehead atoms. The minimum Gasteiger partial charge on any atom is -0.363 e. The van der Waals surface area contributed by atoms with Crippen molar-refractivity contribution in [1.82, 2.24) is 24.7 Å². The monoisotopic (exact) mass is 310 g/mol. The molecule has 3 heterocycles. The quantitative estimate of drug-likeness (QED) is 0.781. The van der Waals surface area contributed by atoms with Gasteiger partial charge in [-0.1, -0.05) is 20.8 Å². The van der Waals surface area contributed by atoms with E-state index in [0.29, 0.717) is 0 Å². The first-order valence-electron chi connectivity index (χ1n) is 7.96. The van der Waals surface area contributed by atoms with Crippen LogP contribution in [0, 0.1) is 0 Å². The van der Waals surface area contributed by atoms with E-state index in [4.69, 9.17) is 4.98 Å². The number of fused-ring (bicyclic) bond motifs is 1. The van der Waals surface area contributed by atoms with Crippen LogP contribution in [0.3, 0.4) is 0 Å². The van der Waals surface area contributed by atoms with Crippen LogP contribution in [0.1, 0.15) is 50.5 Å². The molecule has 0 amide bonds. The fraction of sp³-hybridized carbons (Fsp3) is 0.412. The smallest absolute Gasteiger partial charge is 0.163 e. The zero-order valence-electron chi connectivity index (χ0n) is 14.0.